The second-order valence-corrected chi connectivity index (χ2v) is 10.9. The number of rotatable bonds is 1. The minimum Gasteiger partial charge on any atom is -0.508 e. The summed E-state index contributed by atoms with van der Waals surface area (Å²) in [7, 11) is -1.67. The van der Waals surface area contributed by atoms with Gasteiger partial charge in [-0.25, -0.2) is 8.42 Å². The van der Waals surface area contributed by atoms with Gasteiger partial charge in [-0.05, 0) is 61.3 Å². The Hall–Kier alpha value is -2.16. The number of aromatic amines is 1. The predicted molar refractivity (Wildman–Crippen MR) is 107 cm³/mol. The Morgan fingerprint density at radius 3 is 2.69 bits per heavy atom. The Balaban J connectivity index is 1.78. The van der Waals surface area contributed by atoms with Crippen molar-refractivity contribution in [3.63, 3.8) is 0 Å². The van der Waals surface area contributed by atoms with Gasteiger partial charge in [0.05, 0.1) is 5.60 Å². The molecule has 8 heteroatoms. The zero-order valence-electron chi connectivity index (χ0n) is 16.4. The Bertz CT molecular complexity index is 1200. The first-order valence-electron chi connectivity index (χ1n) is 9.75. The van der Waals surface area contributed by atoms with Crippen LogP contribution in [0.3, 0.4) is 0 Å². The molecule has 5 rings (SSSR count). The number of likely N-dealkylation sites (tertiary alicyclic amines) is 1. The second kappa shape index (κ2) is 5.71. The fourth-order valence-electron chi connectivity index (χ4n) is 5.91. The lowest BCUT2D eigenvalue weighted by atomic mass is 9.49. The SMILES string of the molecule is CN1CCC23Cc4[nH]c(=O)c(S(C)(=O)=O)cc4CC2(O)C1Cc1ccc(O)cc13. The van der Waals surface area contributed by atoms with Crippen molar-refractivity contribution in [2.75, 3.05) is 19.8 Å². The van der Waals surface area contributed by atoms with Crippen LogP contribution in [-0.2, 0) is 34.5 Å². The van der Waals surface area contributed by atoms with E-state index in [0.717, 1.165) is 23.9 Å². The van der Waals surface area contributed by atoms with Crippen LogP contribution in [-0.4, -0.2) is 60.0 Å². The van der Waals surface area contributed by atoms with Gasteiger partial charge in [0.2, 0.25) is 0 Å². The molecule has 1 aromatic heterocycles. The number of phenolic OH excluding ortho intramolecular Hbond substituents is 1. The van der Waals surface area contributed by atoms with E-state index in [0.29, 0.717) is 30.5 Å². The number of benzene rings is 1. The van der Waals surface area contributed by atoms with Gasteiger partial charge in [0.1, 0.15) is 10.6 Å². The van der Waals surface area contributed by atoms with Crippen LogP contribution >= 0.6 is 0 Å². The quantitative estimate of drug-likeness (QED) is 0.625. The molecule has 154 valence electrons. The molecule has 2 bridgehead atoms. The van der Waals surface area contributed by atoms with Crippen LogP contribution in [0.4, 0.5) is 0 Å². The molecule has 3 N–H and O–H groups in total. The number of pyridine rings is 1. The van der Waals surface area contributed by atoms with Gasteiger partial charge >= 0.3 is 0 Å². The van der Waals surface area contributed by atoms with Gasteiger partial charge in [-0.2, -0.15) is 0 Å². The Kier molecular flexibility index (Phi) is 3.71. The van der Waals surface area contributed by atoms with E-state index in [4.69, 9.17) is 0 Å². The molecule has 3 atom stereocenters. The highest BCUT2D eigenvalue weighted by Crippen LogP contribution is 2.56. The number of aromatic hydroxyl groups is 1. The van der Waals surface area contributed by atoms with Crippen molar-refractivity contribution < 1.29 is 18.6 Å². The number of likely N-dealkylation sites (N-methyl/N-ethyl adjacent to an activating group) is 1. The third kappa shape index (κ3) is 2.42. The molecule has 2 aliphatic carbocycles. The second-order valence-electron chi connectivity index (χ2n) is 8.89. The maximum Gasteiger partial charge on any atom is 0.266 e. The van der Waals surface area contributed by atoms with E-state index in [1.54, 1.807) is 12.1 Å². The van der Waals surface area contributed by atoms with Crippen LogP contribution in [0.2, 0.25) is 0 Å². The molecule has 0 amide bonds. The monoisotopic (exact) mass is 416 g/mol. The summed E-state index contributed by atoms with van der Waals surface area (Å²) in [5.41, 5.74) is 0.994. The molecule has 29 heavy (non-hydrogen) atoms. The van der Waals surface area contributed by atoms with Crippen molar-refractivity contribution in [1.82, 2.24) is 9.88 Å². The molecule has 3 aliphatic rings. The molecule has 1 saturated heterocycles. The van der Waals surface area contributed by atoms with E-state index in [2.05, 4.69) is 9.88 Å². The number of nitrogens with one attached hydrogen (secondary N) is 1. The van der Waals surface area contributed by atoms with Crippen molar-refractivity contribution in [2.45, 2.75) is 47.6 Å². The van der Waals surface area contributed by atoms with Gasteiger partial charge in [0.15, 0.2) is 9.84 Å². The van der Waals surface area contributed by atoms with Crippen molar-refractivity contribution in [3.05, 3.63) is 57.0 Å². The van der Waals surface area contributed by atoms with Gasteiger partial charge in [0, 0.05) is 36.2 Å². The zero-order valence-corrected chi connectivity index (χ0v) is 17.2. The third-order valence-corrected chi connectivity index (χ3v) is 8.45. The van der Waals surface area contributed by atoms with Gasteiger partial charge in [0.25, 0.3) is 5.56 Å². The number of aromatic nitrogens is 1. The van der Waals surface area contributed by atoms with Crippen LogP contribution < -0.4 is 5.56 Å². The summed E-state index contributed by atoms with van der Waals surface area (Å²) in [5, 5.41) is 22.3. The highest BCUT2D eigenvalue weighted by atomic mass is 32.2. The fourth-order valence-corrected chi connectivity index (χ4v) is 6.65. The van der Waals surface area contributed by atoms with Crippen LogP contribution in [0.5, 0.6) is 5.75 Å². The van der Waals surface area contributed by atoms with E-state index in [-0.39, 0.29) is 23.1 Å². The lowest BCUT2D eigenvalue weighted by Gasteiger charge is -2.63. The Morgan fingerprint density at radius 1 is 1.21 bits per heavy atom. The fraction of sp³-hybridized carbons (Fsp3) is 0.476. The first kappa shape index (κ1) is 18.8. The van der Waals surface area contributed by atoms with Crippen molar-refractivity contribution >= 4 is 9.84 Å². The van der Waals surface area contributed by atoms with Gasteiger partial charge < -0.3 is 20.1 Å². The van der Waals surface area contributed by atoms with Crippen LogP contribution in [0.25, 0.3) is 0 Å². The van der Waals surface area contributed by atoms with Crippen LogP contribution in [0, 0.1) is 0 Å². The number of sulfone groups is 1. The molecule has 0 saturated carbocycles. The molecule has 2 aromatic rings. The predicted octanol–water partition coefficient (Wildman–Crippen LogP) is 0.512. The molecule has 2 heterocycles. The number of hydrogen-bond acceptors (Lipinski definition) is 6. The van der Waals surface area contributed by atoms with E-state index >= 15 is 0 Å². The first-order chi connectivity index (χ1) is 13.5. The maximum absolute atomic E-state index is 12.5. The molecule has 7 nitrogen and oxygen atoms in total. The van der Waals surface area contributed by atoms with E-state index in [1.807, 2.05) is 13.1 Å². The molecule has 1 aromatic carbocycles. The smallest absolute Gasteiger partial charge is 0.266 e. The van der Waals surface area contributed by atoms with Gasteiger partial charge in [-0.3, -0.25) is 4.79 Å². The number of phenols is 1. The summed E-state index contributed by atoms with van der Waals surface area (Å²) in [6.07, 6.45) is 3.01. The number of fused-ring (bicyclic) bond motifs is 2. The molecular weight excluding hydrogens is 392 g/mol. The maximum atomic E-state index is 12.5. The summed E-state index contributed by atoms with van der Waals surface area (Å²) < 4.78 is 24.1. The Labute approximate surface area is 168 Å². The minimum absolute atomic E-state index is 0.130. The minimum atomic E-state index is -3.67. The lowest BCUT2D eigenvalue weighted by molar-refractivity contribution is -0.145. The summed E-state index contributed by atoms with van der Waals surface area (Å²) >= 11 is 0. The zero-order chi connectivity index (χ0) is 20.8. The third-order valence-electron chi connectivity index (χ3n) is 7.34. The van der Waals surface area contributed by atoms with Crippen molar-refractivity contribution in [2.24, 2.45) is 0 Å². The number of nitrogens with zero attached hydrogens (tertiary/aromatic N) is 1. The molecule has 1 fully saturated rings. The molecular formula is C21H24N2O5S. The number of H-pyrrole nitrogens is 1. The van der Waals surface area contributed by atoms with E-state index < -0.39 is 26.4 Å². The lowest BCUT2D eigenvalue weighted by Crippen LogP contribution is -2.73. The number of hydrogen-bond donors (Lipinski definition) is 3. The normalized spacial score (nSPS) is 30.9. The van der Waals surface area contributed by atoms with Crippen molar-refractivity contribution in [3.8, 4) is 5.75 Å². The average molecular weight is 416 g/mol. The highest BCUT2D eigenvalue weighted by molar-refractivity contribution is 7.90. The van der Waals surface area contributed by atoms with Crippen molar-refractivity contribution in [1.29, 1.82) is 0 Å². The largest absolute Gasteiger partial charge is 0.508 e. The Morgan fingerprint density at radius 2 is 1.97 bits per heavy atom. The van der Waals surface area contributed by atoms with Crippen LogP contribution in [0.15, 0.2) is 34.0 Å². The highest BCUT2D eigenvalue weighted by Gasteiger charge is 2.64. The molecule has 1 aliphatic heterocycles. The standard InChI is InChI=1S/C21H24N2O5S/c1-23-6-5-20-11-16-13(7-17(19(25)22-16)29(2,27)28)10-21(20,26)18(23)8-12-3-4-14(24)9-15(12)20/h3-4,7,9,18,24,26H,5-6,8,10-11H2,1-2H3,(H,22,25). The van der Waals surface area contributed by atoms with Crippen LogP contribution in [0.1, 0.15) is 28.8 Å². The van der Waals surface area contributed by atoms with Gasteiger partial charge in [-0.1, -0.05) is 6.07 Å². The molecule has 0 spiro atoms. The molecule has 0 radical (unpaired) electrons. The summed E-state index contributed by atoms with van der Waals surface area (Å²) in [6, 6.07) is 6.64. The first-order valence-corrected chi connectivity index (χ1v) is 11.6. The van der Waals surface area contributed by atoms with E-state index in [1.165, 1.54) is 6.07 Å². The summed E-state index contributed by atoms with van der Waals surface area (Å²) in [4.78, 5) is 17.1. The number of aliphatic hydroxyl groups is 1. The average Bonchev–Trinajstić information content (AvgIpc) is 2.62. The van der Waals surface area contributed by atoms with Gasteiger partial charge in [-0.15, -0.1) is 0 Å². The number of piperidine rings is 1. The van der Waals surface area contributed by atoms with E-state index in [9.17, 15) is 23.4 Å². The summed E-state index contributed by atoms with van der Waals surface area (Å²) in [6.45, 7) is 0.795. The topological polar surface area (TPSA) is 111 Å². The summed E-state index contributed by atoms with van der Waals surface area (Å²) in [5.74, 6) is 0.157. The molecule has 3 unspecified atom stereocenters.